The van der Waals surface area contributed by atoms with E-state index in [4.69, 9.17) is 45.2 Å². The summed E-state index contributed by atoms with van der Waals surface area (Å²) in [6.07, 6.45) is -11.4. The van der Waals surface area contributed by atoms with Crippen molar-refractivity contribution in [1.29, 1.82) is 0 Å². The number of benzene rings is 3. The first-order valence-electron chi connectivity index (χ1n) is 21.5. The van der Waals surface area contributed by atoms with Crippen LogP contribution >= 0.6 is 24.1 Å². The molecule has 5 rings (SSSR count). The molecule has 21 heteroatoms. The van der Waals surface area contributed by atoms with E-state index in [1.165, 1.54) is 38.1 Å². The van der Waals surface area contributed by atoms with Crippen LogP contribution < -0.4 is 0 Å². The minimum absolute atomic E-state index is 0.0537. The van der Waals surface area contributed by atoms with E-state index in [9.17, 15) is 26.4 Å². The fourth-order valence-electron chi connectivity index (χ4n) is 6.59. The summed E-state index contributed by atoms with van der Waals surface area (Å²) in [5.74, 6) is -1.46. The smallest absolute Gasteiger partial charge is 0.303 e. The van der Waals surface area contributed by atoms with Gasteiger partial charge in [0.1, 0.15) is 24.4 Å². The van der Waals surface area contributed by atoms with E-state index in [1.54, 1.807) is 24.3 Å². The Bertz CT molecular complexity index is 2250. The zero-order valence-corrected chi connectivity index (χ0v) is 43.2. The van der Waals surface area contributed by atoms with Crippen molar-refractivity contribution in [3.63, 3.8) is 0 Å². The minimum Gasteiger partial charge on any atom is -0.457 e. The lowest BCUT2D eigenvalue weighted by Gasteiger charge is -2.47. The molecule has 2 saturated heterocycles. The van der Waals surface area contributed by atoms with Crippen molar-refractivity contribution < 1.29 is 71.6 Å². The first-order valence-corrected chi connectivity index (χ1v) is 29.5. The number of hydrogen-bond acceptors (Lipinski definition) is 18. The first-order chi connectivity index (χ1) is 30.9. The third-order valence-electron chi connectivity index (χ3n) is 9.95. The predicted molar refractivity (Wildman–Crippen MR) is 250 cm³/mol. The van der Waals surface area contributed by atoms with E-state index in [2.05, 4.69) is 19.6 Å². The van der Waals surface area contributed by atoms with Gasteiger partial charge in [-0.1, -0.05) is 73.2 Å². The monoisotopic (exact) mass is 1010 g/mol. The van der Waals surface area contributed by atoms with E-state index in [-0.39, 0.29) is 16.2 Å². The summed E-state index contributed by atoms with van der Waals surface area (Å²) >= 11 is 2.04. The molecule has 2 heterocycles. The molecule has 66 heavy (non-hydrogen) atoms. The van der Waals surface area contributed by atoms with E-state index < -0.39 is 114 Å². The summed E-state index contributed by atoms with van der Waals surface area (Å²) in [6.45, 7) is 17.3. The minimum atomic E-state index is -4.38. The fraction of sp³-hybridized carbons (Fsp3) is 0.556. The number of aryl methyl sites for hydroxylation is 2. The van der Waals surface area contributed by atoms with Gasteiger partial charge in [0.25, 0.3) is 20.2 Å². The SMILES string of the molecule is CC(=O)O[C@@H]1[C@@H](COS(=O)(=O)c2ccc(C)cc2)O[C@H](OCC[Si](C)(C)C)C[C@H]1O[C@H]1O[C@H](COS(=O)(=O)c2ccc(C)cc2)[C@@H](OC(C)=O)[C@H](OSC(C)(C)C)[C@H]1OSc1ccccc1. The average Bonchev–Trinajstić information content (AvgIpc) is 3.22. The highest BCUT2D eigenvalue weighted by Crippen LogP contribution is 2.40. The number of hydrogen-bond donors (Lipinski definition) is 0. The van der Waals surface area contributed by atoms with Gasteiger partial charge in [-0.3, -0.25) is 22.1 Å². The lowest BCUT2D eigenvalue weighted by Crippen LogP contribution is -2.63. The molecule has 9 atom stereocenters. The standard InChI is InChI=1S/C45H62O16S4Si/c1-29-16-20-34(21-17-29)64(48,49)53-27-37-40(55-31(3)46)36(26-39(57-37)52-24-25-66(8,9)10)58-44-43(60-62-33-14-12-11-13-15-33)42(61-63-45(5,6)7)41(56-32(4)47)38(59-44)28-54-65(50,51)35-22-18-30(2)19-23-35/h11-23,36-44H,24-28H2,1-10H3/t36-,37-,38-,39+,40+,41-,42+,43-,44+/m1/s1. The number of carbonyl (C=O) groups is 2. The summed E-state index contributed by atoms with van der Waals surface area (Å²) < 4.78 is 115. The number of carbonyl (C=O) groups excluding carboxylic acids is 2. The van der Waals surface area contributed by atoms with Crippen molar-refractivity contribution in [3.8, 4) is 0 Å². The maximum absolute atomic E-state index is 13.6. The van der Waals surface area contributed by atoms with Crippen LogP contribution in [0.25, 0.3) is 0 Å². The molecule has 0 N–H and O–H groups in total. The molecule has 0 radical (unpaired) electrons. The highest BCUT2D eigenvalue weighted by Gasteiger charge is 2.54. The van der Waals surface area contributed by atoms with Gasteiger partial charge in [0.2, 0.25) is 0 Å². The van der Waals surface area contributed by atoms with Gasteiger partial charge in [0.05, 0.1) is 23.0 Å². The molecule has 0 saturated carbocycles. The van der Waals surface area contributed by atoms with E-state index in [0.29, 0.717) is 11.5 Å². The molecule has 2 aliphatic heterocycles. The van der Waals surface area contributed by atoms with Crippen molar-refractivity contribution in [2.45, 2.75) is 155 Å². The van der Waals surface area contributed by atoms with Gasteiger partial charge in [-0.15, -0.1) is 0 Å². The largest absolute Gasteiger partial charge is 0.457 e. The third kappa shape index (κ3) is 16.7. The number of esters is 2. The summed E-state index contributed by atoms with van der Waals surface area (Å²) in [5.41, 5.74) is 1.68. The Labute approximate surface area is 399 Å². The maximum atomic E-state index is 13.6. The van der Waals surface area contributed by atoms with Crippen LogP contribution in [0.2, 0.25) is 25.7 Å². The summed E-state index contributed by atoms with van der Waals surface area (Å²) in [5, 5.41) is 0. The Morgan fingerprint density at radius 3 is 1.71 bits per heavy atom. The van der Waals surface area contributed by atoms with E-state index in [0.717, 1.165) is 41.3 Å². The van der Waals surface area contributed by atoms with Crippen LogP contribution in [0.1, 0.15) is 52.2 Å². The summed E-state index contributed by atoms with van der Waals surface area (Å²) in [4.78, 5) is 26.2. The van der Waals surface area contributed by atoms with Crippen LogP contribution in [-0.2, 0) is 75.0 Å². The van der Waals surface area contributed by atoms with Crippen LogP contribution in [-0.4, -0.2) is 117 Å². The van der Waals surface area contributed by atoms with Crippen molar-refractivity contribution in [2.75, 3.05) is 19.8 Å². The molecule has 3 aromatic carbocycles. The average molecular weight is 1020 g/mol. The Morgan fingerprint density at radius 1 is 0.697 bits per heavy atom. The van der Waals surface area contributed by atoms with Crippen molar-refractivity contribution >= 4 is 64.3 Å². The molecule has 0 amide bonds. The van der Waals surface area contributed by atoms with Gasteiger partial charge < -0.3 is 32.6 Å². The Balaban J connectivity index is 1.56. The van der Waals surface area contributed by atoms with Gasteiger partial charge in [0.15, 0.2) is 30.9 Å². The quantitative estimate of drug-likeness (QED) is 0.0434. The molecule has 16 nitrogen and oxygen atoms in total. The maximum Gasteiger partial charge on any atom is 0.303 e. The van der Waals surface area contributed by atoms with Crippen LogP contribution in [0.3, 0.4) is 0 Å². The predicted octanol–water partition coefficient (Wildman–Crippen LogP) is 7.78. The van der Waals surface area contributed by atoms with Crippen molar-refractivity contribution in [1.82, 2.24) is 0 Å². The molecular formula is C45H62O16S4Si. The molecular weight excluding hydrogens is 953 g/mol. The van der Waals surface area contributed by atoms with Crippen LogP contribution in [0.15, 0.2) is 93.5 Å². The van der Waals surface area contributed by atoms with Crippen molar-refractivity contribution in [2.24, 2.45) is 0 Å². The molecule has 366 valence electrons. The lowest BCUT2D eigenvalue weighted by atomic mass is 9.97. The highest BCUT2D eigenvalue weighted by atomic mass is 32.2. The Hall–Kier alpha value is -2.90. The van der Waals surface area contributed by atoms with Gasteiger partial charge in [-0.05, 0) is 89.1 Å². The van der Waals surface area contributed by atoms with E-state index >= 15 is 0 Å². The molecule has 0 bridgehead atoms. The zero-order chi connectivity index (χ0) is 48.5. The van der Waals surface area contributed by atoms with Gasteiger partial charge in [0, 0.05) is 56.6 Å². The number of rotatable bonds is 21. The summed E-state index contributed by atoms with van der Waals surface area (Å²) in [7, 11) is -10.3. The second kappa shape index (κ2) is 23.6. The topological polar surface area (TPSA) is 195 Å². The normalized spacial score (nSPS) is 25.3. The lowest BCUT2D eigenvalue weighted by molar-refractivity contribution is -0.332. The van der Waals surface area contributed by atoms with Gasteiger partial charge in [-0.25, -0.2) is 0 Å². The molecule has 2 fully saturated rings. The molecule has 0 spiro atoms. The van der Waals surface area contributed by atoms with Crippen LogP contribution in [0, 0.1) is 13.8 Å². The summed E-state index contributed by atoms with van der Waals surface area (Å²) in [6, 6.07) is 22.1. The second-order valence-corrected chi connectivity index (χ2v) is 29.5. The van der Waals surface area contributed by atoms with Crippen molar-refractivity contribution in [3.05, 3.63) is 90.0 Å². The molecule has 2 aliphatic rings. The van der Waals surface area contributed by atoms with Gasteiger partial charge in [-0.2, -0.15) is 16.8 Å². The van der Waals surface area contributed by atoms with Gasteiger partial charge >= 0.3 is 11.9 Å². The highest BCUT2D eigenvalue weighted by molar-refractivity contribution is 7.96. The molecule has 0 unspecified atom stereocenters. The zero-order valence-electron chi connectivity index (χ0n) is 38.9. The molecule has 3 aromatic rings. The van der Waals surface area contributed by atoms with Crippen LogP contribution in [0.5, 0.6) is 0 Å². The Morgan fingerprint density at radius 2 is 1.21 bits per heavy atom. The number of ether oxygens (including phenoxy) is 6. The Kier molecular flexibility index (Phi) is 19.3. The first kappa shape index (κ1) is 54.0. The van der Waals surface area contributed by atoms with E-state index in [1.807, 2.05) is 65.0 Å². The fourth-order valence-corrected chi connectivity index (χ4v) is 10.5. The van der Waals surface area contributed by atoms with Crippen LogP contribution in [0.4, 0.5) is 0 Å². The molecule has 0 aliphatic carbocycles. The second-order valence-electron chi connectivity index (χ2n) is 18.2. The third-order valence-corrected chi connectivity index (χ3v) is 15.8. The molecule has 0 aromatic heterocycles.